The predicted molar refractivity (Wildman–Crippen MR) is 20.6 cm³/mol. The van der Waals surface area contributed by atoms with Crippen LogP contribution in [0.4, 0.5) is 0 Å². The van der Waals surface area contributed by atoms with Gasteiger partial charge in [0.2, 0.25) is 0 Å². The molecule has 0 atom stereocenters. The van der Waals surface area contributed by atoms with Gasteiger partial charge in [-0.1, -0.05) is 0 Å². The van der Waals surface area contributed by atoms with E-state index < -0.39 is 0 Å². The summed E-state index contributed by atoms with van der Waals surface area (Å²) < 4.78 is 1.97. The summed E-state index contributed by atoms with van der Waals surface area (Å²) in [7, 11) is 0. The Morgan fingerprint density at radius 1 is 1.60 bits per heavy atom. The van der Waals surface area contributed by atoms with Gasteiger partial charge in [0.15, 0.2) is 0 Å². The number of rotatable bonds is 1. The fourth-order valence-corrected chi connectivity index (χ4v) is 0.394. The van der Waals surface area contributed by atoms with Crippen molar-refractivity contribution in [3.05, 3.63) is 19.1 Å². The van der Waals surface area contributed by atoms with Gasteiger partial charge in [0, 0.05) is 0 Å². The van der Waals surface area contributed by atoms with E-state index in [0.717, 1.165) is 0 Å². The van der Waals surface area contributed by atoms with E-state index in [0.29, 0.717) is 0 Å². The summed E-state index contributed by atoms with van der Waals surface area (Å²) in [4.78, 5) is 0. The summed E-state index contributed by atoms with van der Waals surface area (Å²) >= 11 is 1.80. The molecular weight excluding hydrogens is 238 g/mol. The molecule has 30 valence electrons. The van der Waals surface area contributed by atoms with Gasteiger partial charge in [0.25, 0.3) is 0 Å². The van der Waals surface area contributed by atoms with E-state index in [1.807, 2.05) is 10.6 Å². The normalized spacial score (nSPS) is 9.00. The van der Waals surface area contributed by atoms with Crippen molar-refractivity contribution in [1.82, 2.24) is 0 Å². The summed E-state index contributed by atoms with van der Waals surface area (Å²) in [5.41, 5.74) is 0. The molecule has 0 nitrogen and oxygen atoms in total. The van der Waals surface area contributed by atoms with E-state index in [-0.39, 0.29) is 0 Å². The Labute approximate surface area is 42.3 Å². The molecule has 0 heterocycles. The molecule has 0 spiro atoms. The number of hydrogen-bond acceptors (Lipinski definition) is 0. The summed E-state index contributed by atoms with van der Waals surface area (Å²) in [6, 6.07) is 0. The second-order valence-electron chi connectivity index (χ2n) is 0.546. The molecule has 0 aromatic heterocycles. The van der Waals surface area contributed by atoms with Gasteiger partial charge < -0.3 is 0 Å². The zero-order chi connectivity index (χ0) is 4.12. The van der Waals surface area contributed by atoms with Crippen molar-refractivity contribution in [2.75, 3.05) is 0 Å². The average Bonchev–Trinajstić information content (AvgIpc) is 1.41. The molecular formula is C4H5Os-. The van der Waals surface area contributed by atoms with Crippen LogP contribution in [0.3, 0.4) is 0 Å². The van der Waals surface area contributed by atoms with Gasteiger partial charge in [-0.15, -0.1) is 0 Å². The average molecular weight is 243 g/mol. The standard InChI is InChI=1S/C4H5.Os/c1-3-4-2;/h1,3-4H,2H2;/q-1;/b4-3-;. The molecule has 0 N–H and O–H groups in total. The molecule has 0 aromatic rings. The van der Waals surface area contributed by atoms with Gasteiger partial charge in [0.1, 0.15) is 0 Å². The van der Waals surface area contributed by atoms with Gasteiger partial charge in [-0.05, 0) is 0 Å². The molecule has 0 aliphatic heterocycles. The molecule has 0 saturated carbocycles. The first-order valence-electron chi connectivity index (χ1n) is 1.28. The maximum absolute atomic E-state index is 3.47. The SMILES string of the molecule is [CH2-]/C=C\[CH]=[Os]. The molecule has 5 heavy (non-hydrogen) atoms. The minimum atomic E-state index is 1.76. The van der Waals surface area contributed by atoms with E-state index >= 15 is 0 Å². The Bertz CT molecular complexity index is 45.6. The van der Waals surface area contributed by atoms with Gasteiger partial charge >= 0.3 is 41.8 Å². The van der Waals surface area contributed by atoms with Crippen LogP contribution in [0.2, 0.25) is 0 Å². The molecule has 0 aliphatic carbocycles. The third-order valence-corrected chi connectivity index (χ3v) is 0.693. The second kappa shape index (κ2) is 4.12. The van der Waals surface area contributed by atoms with Crippen molar-refractivity contribution in [2.45, 2.75) is 0 Å². The quantitative estimate of drug-likeness (QED) is 0.596. The molecule has 0 aliphatic rings. The summed E-state index contributed by atoms with van der Waals surface area (Å²) in [6.45, 7) is 3.47. The molecule has 0 radical (unpaired) electrons. The van der Waals surface area contributed by atoms with Crippen LogP contribution in [0.25, 0.3) is 0 Å². The van der Waals surface area contributed by atoms with Crippen LogP contribution in [0, 0.1) is 6.92 Å². The van der Waals surface area contributed by atoms with E-state index in [1.54, 1.807) is 24.2 Å². The zero-order valence-electron chi connectivity index (χ0n) is 2.79. The Hall–Kier alpha value is 0.116. The molecule has 0 fully saturated rings. The van der Waals surface area contributed by atoms with Gasteiger partial charge in [-0.25, -0.2) is 0 Å². The minimum absolute atomic E-state index is 1.76. The first-order valence-corrected chi connectivity index (χ1v) is 2.75. The molecule has 0 saturated heterocycles. The molecule has 0 unspecified atom stereocenters. The van der Waals surface area contributed by atoms with Crippen LogP contribution in [0.1, 0.15) is 0 Å². The van der Waals surface area contributed by atoms with Crippen molar-refractivity contribution in [1.29, 1.82) is 0 Å². The molecule has 1 heteroatoms. The third-order valence-electron chi connectivity index (χ3n) is 0.204. The fraction of sp³-hybridized carbons (Fsp3) is 0. The monoisotopic (exact) mass is 245 g/mol. The van der Waals surface area contributed by atoms with Crippen LogP contribution in [0.15, 0.2) is 12.2 Å². The fourth-order valence-electron chi connectivity index (χ4n) is 0.0481. The zero-order valence-corrected chi connectivity index (χ0v) is 5.33. The van der Waals surface area contributed by atoms with Crippen LogP contribution in [-0.4, -0.2) is 4.57 Å². The molecule has 0 rings (SSSR count). The Balaban J connectivity index is 2.92. The van der Waals surface area contributed by atoms with Crippen LogP contribution in [0.5, 0.6) is 0 Å². The van der Waals surface area contributed by atoms with Crippen LogP contribution < -0.4 is 0 Å². The molecule has 0 aromatic carbocycles. The second-order valence-corrected chi connectivity index (χ2v) is 1.39. The summed E-state index contributed by atoms with van der Waals surface area (Å²) in [5, 5.41) is 0. The van der Waals surface area contributed by atoms with Gasteiger partial charge in [-0.3, -0.25) is 0 Å². The van der Waals surface area contributed by atoms with E-state index in [9.17, 15) is 0 Å². The molecule has 0 amide bonds. The first-order chi connectivity index (χ1) is 2.41. The van der Waals surface area contributed by atoms with Crippen molar-refractivity contribution in [3.63, 3.8) is 0 Å². The van der Waals surface area contributed by atoms with E-state index in [4.69, 9.17) is 0 Å². The summed E-state index contributed by atoms with van der Waals surface area (Å²) in [5.74, 6) is 0. The van der Waals surface area contributed by atoms with Crippen LogP contribution in [-0.2, 0) is 18.1 Å². The Kier molecular flexibility index (Phi) is 4.21. The predicted octanol–water partition coefficient (Wildman–Crippen LogP) is 0.726. The van der Waals surface area contributed by atoms with Crippen LogP contribution >= 0.6 is 0 Å². The van der Waals surface area contributed by atoms with E-state index in [1.165, 1.54) is 0 Å². The van der Waals surface area contributed by atoms with Crippen molar-refractivity contribution in [3.8, 4) is 0 Å². The Morgan fingerprint density at radius 3 is 2.20 bits per heavy atom. The van der Waals surface area contributed by atoms with Gasteiger partial charge in [-0.2, -0.15) is 0 Å². The van der Waals surface area contributed by atoms with Gasteiger partial charge in [0.05, 0.1) is 0 Å². The maximum atomic E-state index is 3.47. The number of allylic oxidation sites excluding steroid dienone is 2. The van der Waals surface area contributed by atoms with Crippen molar-refractivity contribution in [2.24, 2.45) is 0 Å². The molecule has 0 bridgehead atoms. The van der Waals surface area contributed by atoms with Crippen molar-refractivity contribution >= 4 is 4.57 Å². The summed E-state index contributed by atoms with van der Waals surface area (Å²) in [6.07, 6.45) is 3.66. The first kappa shape index (κ1) is 5.12. The van der Waals surface area contributed by atoms with E-state index in [2.05, 4.69) is 6.92 Å². The number of hydrogen-bond donors (Lipinski definition) is 0. The third kappa shape index (κ3) is 4.12. The Morgan fingerprint density at radius 2 is 2.20 bits per heavy atom. The van der Waals surface area contributed by atoms with Crippen molar-refractivity contribution < 1.29 is 18.1 Å². The topological polar surface area (TPSA) is 0 Å².